The van der Waals surface area contributed by atoms with Gasteiger partial charge in [-0.15, -0.1) is 0 Å². The van der Waals surface area contributed by atoms with E-state index in [9.17, 15) is 9.90 Å². The first-order valence-corrected chi connectivity index (χ1v) is 6.62. The summed E-state index contributed by atoms with van der Waals surface area (Å²) in [6.07, 6.45) is 0.292. The molecular weight excluding hydrogens is 240 g/mol. The normalized spacial score (nSPS) is 19.3. The summed E-state index contributed by atoms with van der Waals surface area (Å²) in [5.74, 6) is -0.0112. The molecule has 1 aliphatic rings. The number of carbonyl (C=O) groups excluding carboxylic acids is 1. The highest BCUT2D eigenvalue weighted by atomic mass is 16.3. The fraction of sp³-hybridized carbons (Fsp3) is 0.400. The molecule has 3 rings (SSSR count). The number of aliphatic hydroxyl groups is 1. The number of β-amino-alcohol motifs (C(OH)–C–C–N with tert-alkyl or cyclic N) is 1. The third-order valence-corrected chi connectivity index (χ3v) is 3.88. The molecule has 100 valence electrons. The number of carbonyl (C=O) groups is 1. The Bertz CT molecular complexity index is 645. The molecule has 1 aliphatic heterocycles. The number of benzene rings is 1. The van der Waals surface area contributed by atoms with E-state index in [1.165, 1.54) is 5.56 Å². The predicted molar refractivity (Wildman–Crippen MR) is 74.3 cm³/mol. The first-order chi connectivity index (χ1) is 9.06. The van der Waals surface area contributed by atoms with Gasteiger partial charge in [0.15, 0.2) is 0 Å². The molecule has 1 aromatic carbocycles. The lowest BCUT2D eigenvalue weighted by Gasteiger charge is -2.14. The minimum atomic E-state index is -0.379. The van der Waals surface area contributed by atoms with E-state index in [4.69, 9.17) is 0 Å². The van der Waals surface area contributed by atoms with Crippen LogP contribution in [0.25, 0.3) is 10.9 Å². The van der Waals surface area contributed by atoms with Gasteiger partial charge in [-0.1, -0.05) is 11.6 Å². The van der Waals surface area contributed by atoms with Crippen molar-refractivity contribution in [3.05, 3.63) is 35.0 Å². The molecule has 1 saturated heterocycles. The molecule has 2 heterocycles. The minimum Gasteiger partial charge on any atom is -0.391 e. The summed E-state index contributed by atoms with van der Waals surface area (Å²) in [5, 5.41) is 10.6. The van der Waals surface area contributed by atoms with Gasteiger partial charge < -0.3 is 15.0 Å². The van der Waals surface area contributed by atoms with E-state index in [1.54, 1.807) is 4.90 Å². The average Bonchev–Trinajstić information content (AvgIpc) is 2.94. The zero-order chi connectivity index (χ0) is 13.6. The molecule has 0 spiro atoms. The third kappa shape index (κ3) is 2.02. The number of nitrogens with zero attached hydrogens (tertiary/aromatic N) is 1. The Morgan fingerprint density at radius 3 is 2.89 bits per heavy atom. The summed E-state index contributed by atoms with van der Waals surface area (Å²) in [5.41, 5.74) is 3.82. The van der Waals surface area contributed by atoms with Crippen LogP contribution in [0.1, 0.15) is 28.0 Å². The highest BCUT2D eigenvalue weighted by Gasteiger charge is 2.27. The Kier molecular flexibility index (Phi) is 2.82. The second-order valence-corrected chi connectivity index (χ2v) is 5.37. The lowest BCUT2D eigenvalue weighted by Crippen LogP contribution is -2.30. The number of aromatic nitrogens is 1. The standard InChI is InChI=1S/C15H18N2O2/c1-9-3-4-13-12(7-9)10(2)14(16-13)15(19)17-6-5-11(18)8-17/h3-4,7,11,16,18H,5-6,8H2,1-2H3/t11-/m1/s1. The number of likely N-dealkylation sites (tertiary alicyclic amines) is 1. The lowest BCUT2D eigenvalue weighted by molar-refractivity contribution is 0.0759. The molecule has 4 heteroatoms. The van der Waals surface area contributed by atoms with E-state index in [-0.39, 0.29) is 12.0 Å². The van der Waals surface area contributed by atoms with Crippen LogP contribution in [-0.2, 0) is 0 Å². The van der Waals surface area contributed by atoms with Crippen LogP contribution in [0.15, 0.2) is 18.2 Å². The number of fused-ring (bicyclic) bond motifs is 1. The van der Waals surface area contributed by atoms with Crippen molar-refractivity contribution in [1.82, 2.24) is 9.88 Å². The van der Waals surface area contributed by atoms with Crippen molar-refractivity contribution in [2.75, 3.05) is 13.1 Å². The maximum absolute atomic E-state index is 12.5. The number of hydrogen-bond donors (Lipinski definition) is 2. The second-order valence-electron chi connectivity index (χ2n) is 5.37. The van der Waals surface area contributed by atoms with Crippen molar-refractivity contribution >= 4 is 16.8 Å². The van der Waals surface area contributed by atoms with Crippen molar-refractivity contribution in [3.63, 3.8) is 0 Å². The van der Waals surface area contributed by atoms with Crippen LogP contribution < -0.4 is 0 Å². The van der Waals surface area contributed by atoms with Gasteiger partial charge in [-0.25, -0.2) is 0 Å². The maximum atomic E-state index is 12.5. The molecule has 0 aliphatic carbocycles. The number of hydrogen-bond acceptors (Lipinski definition) is 2. The maximum Gasteiger partial charge on any atom is 0.270 e. The van der Waals surface area contributed by atoms with Gasteiger partial charge in [0.25, 0.3) is 5.91 Å². The van der Waals surface area contributed by atoms with Gasteiger partial charge in [0.1, 0.15) is 5.69 Å². The molecule has 1 fully saturated rings. The van der Waals surface area contributed by atoms with Crippen LogP contribution in [0.5, 0.6) is 0 Å². The fourth-order valence-electron chi connectivity index (χ4n) is 2.74. The molecule has 0 saturated carbocycles. The quantitative estimate of drug-likeness (QED) is 0.822. The average molecular weight is 258 g/mol. The molecule has 19 heavy (non-hydrogen) atoms. The summed E-state index contributed by atoms with van der Waals surface area (Å²) in [4.78, 5) is 17.4. The van der Waals surface area contributed by atoms with Crippen LogP contribution in [0.4, 0.5) is 0 Å². The molecule has 1 atom stereocenters. The van der Waals surface area contributed by atoms with Crippen LogP contribution in [0, 0.1) is 13.8 Å². The van der Waals surface area contributed by atoms with E-state index in [1.807, 2.05) is 26.0 Å². The summed E-state index contributed by atoms with van der Waals surface area (Å²) in [6, 6.07) is 6.14. The Balaban J connectivity index is 2.01. The van der Waals surface area contributed by atoms with Gasteiger partial charge in [-0.2, -0.15) is 0 Å². The molecule has 1 aromatic heterocycles. The topological polar surface area (TPSA) is 56.3 Å². The Morgan fingerprint density at radius 2 is 2.21 bits per heavy atom. The summed E-state index contributed by atoms with van der Waals surface area (Å²) < 4.78 is 0. The van der Waals surface area contributed by atoms with Crippen molar-refractivity contribution < 1.29 is 9.90 Å². The van der Waals surface area contributed by atoms with Gasteiger partial charge >= 0.3 is 0 Å². The van der Waals surface area contributed by atoms with Gasteiger partial charge in [-0.3, -0.25) is 4.79 Å². The Morgan fingerprint density at radius 1 is 1.42 bits per heavy atom. The van der Waals surface area contributed by atoms with Crippen LogP contribution >= 0.6 is 0 Å². The zero-order valence-electron chi connectivity index (χ0n) is 11.2. The smallest absolute Gasteiger partial charge is 0.270 e. The largest absolute Gasteiger partial charge is 0.391 e. The fourth-order valence-corrected chi connectivity index (χ4v) is 2.74. The number of nitrogens with one attached hydrogen (secondary N) is 1. The minimum absolute atomic E-state index is 0.0112. The van der Waals surface area contributed by atoms with Crippen molar-refractivity contribution in [3.8, 4) is 0 Å². The highest BCUT2D eigenvalue weighted by molar-refractivity contribution is 6.01. The number of aryl methyl sites for hydroxylation is 2. The molecule has 2 N–H and O–H groups in total. The molecule has 0 radical (unpaired) electrons. The Labute approximate surface area is 112 Å². The predicted octanol–water partition coefficient (Wildman–Crippen LogP) is 1.99. The summed E-state index contributed by atoms with van der Waals surface area (Å²) >= 11 is 0. The summed E-state index contributed by atoms with van der Waals surface area (Å²) in [7, 11) is 0. The highest BCUT2D eigenvalue weighted by Crippen LogP contribution is 2.24. The zero-order valence-corrected chi connectivity index (χ0v) is 11.2. The first-order valence-electron chi connectivity index (χ1n) is 6.62. The van der Waals surface area contributed by atoms with Crippen molar-refractivity contribution in [2.24, 2.45) is 0 Å². The van der Waals surface area contributed by atoms with Gasteiger partial charge in [-0.05, 0) is 38.0 Å². The number of rotatable bonds is 1. The van der Waals surface area contributed by atoms with Gasteiger partial charge in [0.05, 0.1) is 6.10 Å². The number of aromatic amines is 1. The molecule has 4 nitrogen and oxygen atoms in total. The van der Waals surface area contributed by atoms with Crippen LogP contribution in [0.2, 0.25) is 0 Å². The second kappa shape index (κ2) is 4.38. The number of H-pyrrole nitrogens is 1. The van der Waals surface area contributed by atoms with Crippen molar-refractivity contribution in [1.29, 1.82) is 0 Å². The van der Waals surface area contributed by atoms with E-state index in [2.05, 4.69) is 11.1 Å². The Hall–Kier alpha value is -1.81. The van der Waals surface area contributed by atoms with E-state index < -0.39 is 0 Å². The summed E-state index contributed by atoms with van der Waals surface area (Å²) in [6.45, 7) is 5.09. The van der Waals surface area contributed by atoms with E-state index >= 15 is 0 Å². The number of aliphatic hydroxyl groups excluding tert-OH is 1. The lowest BCUT2D eigenvalue weighted by atomic mass is 10.1. The first kappa shape index (κ1) is 12.2. The van der Waals surface area contributed by atoms with Gasteiger partial charge in [0.2, 0.25) is 0 Å². The molecule has 2 aromatic rings. The van der Waals surface area contributed by atoms with Gasteiger partial charge in [0, 0.05) is 24.0 Å². The SMILES string of the molecule is Cc1ccc2[nH]c(C(=O)N3CC[C@@H](O)C3)c(C)c2c1. The van der Waals surface area contributed by atoms with Crippen LogP contribution in [0.3, 0.4) is 0 Å². The molecule has 0 bridgehead atoms. The molecular formula is C15H18N2O2. The molecule has 0 unspecified atom stereocenters. The van der Waals surface area contributed by atoms with E-state index in [0.29, 0.717) is 25.2 Å². The number of amides is 1. The third-order valence-electron chi connectivity index (χ3n) is 3.88. The van der Waals surface area contributed by atoms with Crippen LogP contribution in [-0.4, -0.2) is 40.1 Å². The molecule has 1 amide bonds. The van der Waals surface area contributed by atoms with Crippen molar-refractivity contribution in [2.45, 2.75) is 26.4 Å². The van der Waals surface area contributed by atoms with E-state index in [0.717, 1.165) is 16.5 Å². The monoisotopic (exact) mass is 258 g/mol.